The number of hydrogen-bond acceptors (Lipinski definition) is 3. The fourth-order valence-electron chi connectivity index (χ4n) is 1.54. The second-order valence-corrected chi connectivity index (χ2v) is 4.69. The molecule has 0 saturated heterocycles. The second kappa shape index (κ2) is 6.68. The van der Waals surface area contributed by atoms with Crippen LogP contribution in [0.3, 0.4) is 0 Å². The SMILES string of the molecule is COCC(NCCCSC)C1CC1. The van der Waals surface area contributed by atoms with Gasteiger partial charge in [-0.15, -0.1) is 0 Å². The molecule has 1 fully saturated rings. The summed E-state index contributed by atoms with van der Waals surface area (Å²) in [5, 5.41) is 3.58. The van der Waals surface area contributed by atoms with E-state index in [0.717, 1.165) is 19.1 Å². The van der Waals surface area contributed by atoms with Crippen molar-refractivity contribution in [1.82, 2.24) is 5.32 Å². The molecule has 0 heterocycles. The van der Waals surface area contributed by atoms with Gasteiger partial charge in [0.25, 0.3) is 0 Å². The monoisotopic (exact) mass is 203 g/mol. The number of methoxy groups -OCH3 is 1. The minimum Gasteiger partial charge on any atom is -0.383 e. The largest absolute Gasteiger partial charge is 0.383 e. The van der Waals surface area contributed by atoms with Gasteiger partial charge in [-0.3, -0.25) is 0 Å². The number of rotatable bonds is 8. The predicted octanol–water partition coefficient (Wildman–Crippen LogP) is 1.75. The highest BCUT2D eigenvalue weighted by Crippen LogP contribution is 2.32. The zero-order valence-corrected chi connectivity index (χ0v) is 9.53. The first-order chi connectivity index (χ1) is 6.38. The van der Waals surface area contributed by atoms with Crippen LogP contribution in [0.5, 0.6) is 0 Å². The third kappa shape index (κ3) is 4.89. The van der Waals surface area contributed by atoms with Gasteiger partial charge in [0.15, 0.2) is 0 Å². The first kappa shape index (κ1) is 11.3. The Bertz CT molecular complexity index is 128. The lowest BCUT2D eigenvalue weighted by atomic mass is 10.2. The van der Waals surface area contributed by atoms with Crippen LogP contribution in [0.25, 0.3) is 0 Å². The van der Waals surface area contributed by atoms with Crippen molar-refractivity contribution in [2.45, 2.75) is 25.3 Å². The Kier molecular flexibility index (Phi) is 5.83. The van der Waals surface area contributed by atoms with Crippen molar-refractivity contribution in [2.24, 2.45) is 5.92 Å². The van der Waals surface area contributed by atoms with Crippen molar-refractivity contribution in [1.29, 1.82) is 0 Å². The van der Waals surface area contributed by atoms with Crippen LogP contribution in [0.1, 0.15) is 19.3 Å². The standard InChI is InChI=1S/C10H21NOS/c1-12-8-10(9-4-5-9)11-6-3-7-13-2/h9-11H,3-8H2,1-2H3. The van der Waals surface area contributed by atoms with Crippen molar-refractivity contribution in [3.05, 3.63) is 0 Å². The number of ether oxygens (including phenoxy) is 1. The highest BCUT2D eigenvalue weighted by atomic mass is 32.2. The molecular formula is C10H21NOS. The smallest absolute Gasteiger partial charge is 0.0618 e. The molecule has 13 heavy (non-hydrogen) atoms. The molecule has 0 aromatic rings. The summed E-state index contributed by atoms with van der Waals surface area (Å²) in [6, 6.07) is 0.617. The van der Waals surface area contributed by atoms with Crippen LogP contribution in [-0.2, 0) is 4.74 Å². The molecule has 1 unspecified atom stereocenters. The van der Waals surface area contributed by atoms with E-state index < -0.39 is 0 Å². The summed E-state index contributed by atoms with van der Waals surface area (Å²) < 4.78 is 5.19. The first-order valence-electron chi connectivity index (χ1n) is 5.09. The van der Waals surface area contributed by atoms with E-state index in [4.69, 9.17) is 4.74 Å². The van der Waals surface area contributed by atoms with Gasteiger partial charge in [-0.05, 0) is 43.7 Å². The first-order valence-corrected chi connectivity index (χ1v) is 6.49. The third-order valence-electron chi connectivity index (χ3n) is 2.47. The van der Waals surface area contributed by atoms with Crippen LogP contribution in [0.15, 0.2) is 0 Å². The van der Waals surface area contributed by atoms with Gasteiger partial charge in [-0.1, -0.05) is 0 Å². The predicted molar refractivity (Wildman–Crippen MR) is 59.4 cm³/mol. The van der Waals surface area contributed by atoms with Crippen molar-refractivity contribution >= 4 is 11.8 Å². The van der Waals surface area contributed by atoms with E-state index in [2.05, 4.69) is 11.6 Å². The minimum absolute atomic E-state index is 0.617. The molecular weight excluding hydrogens is 182 g/mol. The molecule has 78 valence electrons. The Morgan fingerprint density at radius 1 is 1.54 bits per heavy atom. The van der Waals surface area contributed by atoms with Gasteiger partial charge in [-0.2, -0.15) is 11.8 Å². The molecule has 0 radical (unpaired) electrons. The van der Waals surface area contributed by atoms with Crippen LogP contribution < -0.4 is 5.32 Å². The summed E-state index contributed by atoms with van der Waals surface area (Å²) in [6.45, 7) is 2.02. The summed E-state index contributed by atoms with van der Waals surface area (Å²) in [7, 11) is 1.79. The van der Waals surface area contributed by atoms with E-state index in [1.54, 1.807) is 7.11 Å². The Labute approximate surface area is 85.8 Å². The van der Waals surface area contributed by atoms with E-state index in [1.165, 1.54) is 25.0 Å². The highest BCUT2D eigenvalue weighted by molar-refractivity contribution is 7.98. The Morgan fingerprint density at radius 3 is 2.85 bits per heavy atom. The maximum atomic E-state index is 5.19. The van der Waals surface area contributed by atoms with Gasteiger partial charge >= 0.3 is 0 Å². The normalized spacial score (nSPS) is 18.9. The molecule has 1 atom stereocenters. The van der Waals surface area contributed by atoms with Crippen molar-refractivity contribution < 1.29 is 4.74 Å². The summed E-state index contributed by atoms with van der Waals surface area (Å²) in [6.07, 6.45) is 6.22. The van der Waals surface area contributed by atoms with Gasteiger partial charge < -0.3 is 10.1 Å². The molecule has 1 N–H and O–H groups in total. The minimum atomic E-state index is 0.617. The summed E-state index contributed by atoms with van der Waals surface area (Å²) >= 11 is 1.92. The molecule has 3 heteroatoms. The van der Waals surface area contributed by atoms with Crippen LogP contribution in [0.4, 0.5) is 0 Å². The van der Waals surface area contributed by atoms with Gasteiger partial charge in [-0.25, -0.2) is 0 Å². The molecule has 0 aromatic carbocycles. The van der Waals surface area contributed by atoms with E-state index in [0.29, 0.717) is 6.04 Å². The molecule has 1 saturated carbocycles. The van der Waals surface area contributed by atoms with Crippen molar-refractivity contribution in [2.75, 3.05) is 32.3 Å². The zero-order valence-electron chi connectivity index (χ0n) is 8.71. The molecule has 0 spiro atoms. The molecule has 1 rings (SSSR count). The lowest BCUT2D eigenvalue weighted by molar-refractivity contribution is 0.158. The van der Waals surface area contributed by atoms with Gasteiger partial charge in [0.1, 0.15) is 0 Å². The number of nitrogens with one attached hydrogen (secondary N) is 1. The third-order valence-corrected chi connectivity index (χ3v) is 3.17. The van der Waals surface area contributed by atoms with Gasteiger partial charge in [0.05, 0.1) is 6.61 Å². The topological polar surface area (TPSA) is 21.3 Å². The van der Waals surface area contributed by atoms with Crippen LogP contribution in [-0.4, -0.2) is 38.3 Å². The quantitative estimate of drug-likeness (QED) is 0.607. The number of thioether (sulfide) groups is 1. The Hall–Kier alpha value is 0.270. The van der Waals surface area contributed by atoms with Crippen LogP contribution in [0.2, 0.25) is 0 Å². The van der Waals surface area contributed by atoms with E-state index in [9.17, 15) is 0 Å². The zero-order chi connectivity index (χ0) is 9.52. The molecule has 2 nitrogen and oxygen atoms in total. The molecule has 1 aliphatic rings. The van der Waals surface area contributed by atoms with Crippen molar-refractivity contribution in [3.8, 4) is 0 Å². The molecule has 0 aromatic heterocycles. The second-order valence-electron chi connectivity index (χ2n) is 3.70. The maximum Gasteiger partial charge on any atom is 0.0618 e. The van der Waals surface area contributed by atoms with Crippen molar-refractivity contribution in [3.63, 3.8) is 0 Å². The fraction of sp³-hybridized carbons (Fsp3) is 1.00. The van der Waals surface area contributed by atoms with Crippen LogP contribution >= 0.6 is 11.8 Å². The molecule has 0 bridgehead atoms. The van der Waals surface area contributed by atoms with E-state index in [-0.39, 0.29) is 0 Å². The lowest BCUT2D eigenvalue weighted by Crippen LogP contribution is -2.35. The van der Waals surface area contributed by atoms with Gasteiger partial charge in [0.2, 0.25) is 0 Å². The fourth-order valence-corrected chi connectivity index (χ4v) is 1.98. The maximum absolute atomic E-state index is 5.19. The average Bonchev–Trinajstić information content (AvgIpc) is 2.93. The summed E-state index contributed by atoms with van der Waals surface area (Å²) in [4.78, 5) is 0. The lowest BCUT2D eigenvalue weighted by Gasteiger charge is -2.16. The summed E-state index contributed by atoms with van der Waals surface area (Å²) in [5.41, 5.74) is 0. The molecule has 0 aliphatic heterocycles. The summed E-state index contributed by atoms with van der Waals surface area (Å²) in [5.74, 6) is 2.16. The molecule has 1 aliphatic carbocycles. The Morgan fingerprint density at radius 2 is 2.31 bits per heavy atom. The highest BCUT2D eigenvalue weighted by Gasteiger charge is 2.30. The van der Waals surface area contributed by atoms with E-state index in [1.807, 2.05) is 11.8 Å². The van der Waals surface area contributed by atoms with Gasteiger partial charge in [0, 0.05) is 13.2 Å². The average molecular weight is 203 g/mol. The number of hydrogen-bond donors (Lipinski definition) is 1. The molecule has 0 amide bonds. The van der Waals surface area contributed by atoms with Crippen LogP contribution in [0, 0.1) is 5.92 Å². The van der Waals surface area contributed by atoms with E-state index >= 15 is 0 Å². The Balaban J connectivity index is 2.00.